The molecule has 4 aromatic carbocycles. The number of hydrogen-bond acceptors (Lipinski definition) is 12. The molecule has 1 fully saturated rings. The molecule has 0 N–H and O–H groups in total. The predicted molar refractivity (Wildman–Crippen MR) is 261 cm³/mol. The minimum absolute atomic E-state index is 0.107. The molecule has 14 heteroatoms. The summed E-state index contributed by atoms with van der Waals surface area (Å²) in [5, 5.41) is 3.35. The number of ether oxygens (including phenoxy) is 4. The van der Waals surface area contributed by atoms with Gasteiger partial charge in [0.1, 0.15) is 17.4 Å². The van der Waals surface area contributed by atoms with Gasteiger partial charge in [-0.3, -0.25) is 14.6 Å². The van der Waals surface area contributed by atoms with Crippen LogP contribution in [-0.2, 0) is 27.2 Å². The highest BCUT2D eigenvalue weighted by Gasteiger charge is 2.30. The van der Waals surface area contributed by atoms with E-state index in [2.05, 4.69) is 73.3 Å². The molecule has 2 aliphatic rings. The number of benzene rings is 4. The van der Waals surface area contributed by atoms with E-state index < -0.39 is 14.0 Å². The summed E-state index contributed by atoms with van der Waals surface area (Å²) in [6, 6.07) is 27.0. The summed E-state index contributed by atoms with van der Waals surface area (Å²) in [6.45, 7) is 17.5. The highest BCUT2D eigenvalue weighted by atomic mass is 32.1. The highest BCUT2D eigenvalue weighted by Crippen LogP contribution is 2.35. The Hall–Kier alpha value is -5.14. The predicted octanol–water partition coefficient (Wildman–Crippen LogP) is 9.74. The van der Waals surface area contributed by atoms with Gasteiger partial charge in [-0.05, 0) is 95.1 Å². The topological polar surface area (TPSA) is 107 Å². The molecule has 6 aromatic rings. The number of morpholine rings is 1. The second-order valence-electron chi connectivity index (χ2n) is 18.0. The summed E-state index contributed by atoms with van der Waals surface area (Å²) in [7, 11) is 0.0138. The summed E-state index contributed by atoms with van der Waals surface area (Å²) in [5.74, 6) is 7.17. The number of thiazole rings is 2. The number of rotatable bonds is 15. The van der Waals surface area contributed by atoms with Gasteiger partial charge < -0.3 is 23.8 Å². The lowest BCUT2D eigenvalue weighted by Crippen LogP contribution is -2.45. The van der Waals surface area contributed by atoms with Crippen LogP contribution in [0.1, 0.15) is 62.7 Å². The minimum atomic E-state index is -1.34. The minimum Gasteiger partial charge on any atom is -0.494 e. The lowest BCUT2D eigenvalue weighted by Gasteiger charge is -2.34. The van der Waals surface area contributed by atoms with Crippen LogP contribution in [0.15, 0.2) is 78.9 Å². The molecule has 8 rings (SSSR count). The third-order valence-electron chi connectivity index (χ3n) is 11.7. The maximum Gasteiger partial charge on any atom is 0.358 e. The summed E-state index contributed by atoms with van der Waals surface area (Å²) < 4.78 is 24.4. The van der Waals surface area contributed by atoms with Crippen LogP contribution in [0.4, 0.5) is 10.3 Å². The number of aromatic nitrogens is 2. The SMILES string of the molecule is COC(=O)c1nc(N2CCc3cccc(C(=O)N(COCC[Si](C)(C)C)c4nc5ccccc5s4)c3C2)sc1C#Cc1ccc2cc(OCCCN3CCOC(C(C)C)C3)ccc2c1. The van der Waals surface area contributed by atoms with Crippen LogP contribution in [0.5, 0.6) is 5.75 Å². The summed E-state index contributed by atoms with van der Waals surface area (Å²) in [4.78, 5) is 44.2. The Morgan fingerprint density at radius 1 is 0.953 bits per heavy atom. The highest BCUT2D eigenvalue weighted by molar-refractivity contribution is 7.22. The van der Waals surface area contributed by atoms with Crippen LogP contribution in [0.25, 0.3) is 21.0 Å². The first-order chi connectivity index (χ1) is 30.9. The zero-order valence-electron chi connectivity index (χ0n) is 37.6. The molecule has 0 spiro atoms. The molecule has 1 saturated heterocycles. The van der Waals surface area contributed by atoms with E-state index in [1.807, 2.05) is 60.7 Å². The average Bonchev–Trinajstić information content (AvgIpc) is 3.93. The number of anilines is 2. The first-order valence-electron chi connectivity index (χ1n) is 22.1. The molecular formula is C50H57N5O6S2Si. The Kier molecular flexibility index (Phi) is 14.4. The van der Waals surface area contributed by atoms with Gasteiger partial charge in [0.15, 0.2) is 16.0 Å². The quantitative estimate of drug-likeness (QED) is 0.0325. The standard InChI is InChI=1S/C50H57N5O6S2Si/c1-34(2)43-32-53(24-26-61-43)22-10-25-60-39-19-18-37-29-35(15-17-38(37)30-39)16-20-45-46(48(57)58-3)52-49(63-45)54-23-21-36-11-9-12-40(41(36)31-54)47(56)55(33-59-27-28-64(4,5)6)50-51-42-13-7-8-14-44(42)62-50/h7-9,11-15,17-19,29-30,34,43H,10,21-28,31-33H2,1-6H3. The first-order valence-corrected chi connectivity index (χ1v) is 27.5. The van der Waals surface area contributed by atoms with Crippen LogP contribution in [0.3, 0.4) is 0 Å². The number of esters is 1. The van der Waals surface area contributed by atoms with Gasteiger partial charge >= 0.3 is 5.97 Å². The van der Waals surface area contributed by atoms with Crippen molar-refractivity contribution >= 4 is 73.9 Å². The van der Waals surface area contributed by atoms with Crippen molar-refractivity contribution < 1.29 is 28.5 Å². The normalized spacial score (nSPS) is 15.5. The molecule has 0 saturated carbocycles. The van der Waals surface area contributed by atoms with Crippen LogP contribution in [-0.4, -0.2) is 101 Å². The van der Waals surface area contributed by atoms with Crippen molar-refractivity contribution in [1.82, 2.24) is 14.9 Å². The lowest BCUT2D eigenvalue weighted by atomic mass is 9.94. The van der Waals surface area contributed by atoms with Crippen molar-refractivity contribution in [3.05, 3.63) is 112 Å². The van der Waals surface area contributed by atoms with Crippen molar-refractivity contribution in [2.45, 2.75) is 65.0 Å². The Bertz CT molecular complexity index is 2650. The van der Waals surface area contributed by atoms with E-state index in [1.54, 1.807) is 4.90 Å². The van der Waals surface area contributed by atoms with Gasteiger partial charge in [0.2, 0.25) is 0 Å². The Morgan fingerprint density at radius 3 is 2.59 bits per heavy atom. The number of carbonyl (C=O) groups is 2. The van der Waals surface area contributed by atoms with E-state index in [1.165, 1.54) is 29.8 Å². The van der Waals surface area contributed by atoms with Gasteiger partial charge in [-0.2, -0.15) is 0 Å². The third-order valence-corrected chi connectivity index (χ3v) is 15.5. The monoisotopic (exact) mass is 915 g/mol. The molecule has 1 atom stereocenters. The molecule has 2 aromatic heterocycles. The van der Waals surface area contributed by atoms with E-state index in [0.717, 1.165) is 82.1 Å². The van der Waals surface area contributed by atoms with Crippen LogP contribution < -0.4 is 14.5 Å². The average molecular weight is 916 g/mol. The third kappa shape index (κ3) is 11.0. The molecule has 4 heterocycles. The molecule has 2 aliphatic heterocycles. The molecule has 0 aliphatic carbocycles. The molecule has 0 radical (unpaired) electrons. The van der Waals surface area contributed by atoms with Gasteiger partial charge in [0.05, 0.1) is 36.6 Å². The molecule has 64 heavy (non-hydrogen) atoms. The Labute approximate surface area is 385 Å². The van der Waals surface area contributed by atoms with E-state index >= 15 is 0 Å². The van der Waals surface area contributed by atoms with Gasteiger partial charge in [-0.15, -0.1) is 0 Å². The maximum absolute atomic E-state index is 14.7. The fourth-order valence-electron chi connectivity index (χ4n) is 7.90. The first kappa shape index (κ1) is 45.4. The number of amides is 1. The van der Waals surface area contributed by atoms with Gasteiger partial charge in [-0.25, -0.2) is 14.8 Å². The van der Waals surface area contributed by atoms with Crippen molar-refractivity contribution in [1.29, 1.82) is 0 Å². The molecule has 1 unspecified atom stereocenters. The zero-order valence-corrected chi connectivity index (χ0v) is 40.3. The molecule has 0 bridgehead atoms. The van der Waals surface area contributed by atoms with E-state index in [9.17, 15) is 9.59 Å². The number of carbonyl (C=O) groups excluding carboxylic acids is 2. The van der Waals surface area contributed by atoms with Gasteiger partial charge in [0.25, 0.3) is 5.91 Å². The van der Waals surface area contributed by atoms with E-state index in [0.29, 0.717) is 65.4 Å². The summed E-state index contributed by atoms with van der Waals surface area (Å²) >= 11 is 2.84. The van der Waals surface area contributed by atoms with Crippen molar-refractivity contribution in [2.24, 2.45) is 5.92 Å². The second kappa shape index (κ2) is 20.4. The summed E-state index contributed by atoms with van der Waals surface area (Å²) in [6.07, 6.45) is 1.96. The van der Waals surface area contributed by atoms with Crippen molar-refractivity contribution in [2.75, 3.05) is 69.6 Å². The number of fused-ring (bicyclic) bond motifs is 3. The van der Waals surface area contributed by atoms with Gasteiger partial charge in [0, 0.05) is 58.5 Å². The van der Waals surface area contributed by atoms with Crippen LogP contribution in [0.2, 0.25) is 25.7 Å². The van der Waals surface area contributed by atoms with Crippen molar-refractivity contribution in [3.63, 3.8) is 0 Å². The van der Waals surface area contributed by atoms with Crippen LogP contribution in [0, 0.1) is 17.8 Å². The smallest absolute Gasteiger partial charge is 0.358 e. The Morgan fingerprint density at radius 2 is 1.78 bits per heavy atom. The van der Waals surface area contributed by atoms with Crippen molar-refractivity contribution in [3.8, 4) is 17.6 Å². The molecule has 11 nitrogen and oxygen atoms in total. The molecular weight excluding hydrogens is 859 g/mol. The fourth-order valence-corrected chi connectivity index (χ4v) is 10.5. The number of nitrogens with zero attached hydrogens (tertiary/aromatic N) is 5. The van der Waals surface area contributed by atoms with E-state index in [-0.39, 0.29) is 18.3 Å². The molecule has 1 amide bonds. The molecule has 334 valence electrons. The van der Waals surface area contributed by atoms with E-state index in [4.69, 9.17) is 28.9 Å². The zero-order chi connectivity index (χ0) is 44.8. The number of para-hydroxylation sites is 1. The maximum atomic E-state index is 14.7. The van der Waals surface area contributed by atoms with Gasteiger partial charge in [-0.1, -0.05) is 98.5 Å². The number of methoxy groups -OCH3 is 1. The van der Waals surface area contributed by atoms with Crippen LogP contribution >= 0.6 is 22.7 Å². The lowest BCUT2D eigenvalue weighted by molar-refractivity contribution is -0.0511. The number of hydrogen-bond donors (Lipinski definition) is 0. The largest absolute Gasteiger partial charge is 0.494 e. The second-order valence-corrected chi connectivity index (χ2v) is 25.6. The summed E-state index contributed by atoms with van der Waals surface area (Å²) in [5.41, 5.74) is 4.46. The Balaban J connectivity index is 0.969. The fraction of sp³-hybridized carbons (Fsp3) is 0.400.